The van der Waals surface area contributed by atoms with Crippen LogP contribution in [0.5, 0.6) is 5.75 Å². The van der Waals surface area contributed by atoms with Crippen molar-refractivity contribution in [1.29, 1.82) is 0 Å². The van der Waals surface area contributed by atoms with Crippen molar-refractivity contribution < 1.29 is 24.5 Å². The van der Waals surface area contributed by atoms with E-state index in [1.54, 1.807) is 6.07 Å². The molecule has 1 aliphatic heterocycles. The van der Waals surface area contributed by atoms with Crippen LogP contribution in [-0.4, -0.2) is 48.6 Å². The van der Waals surface area contributed by atoms with Crippen molar-refractivity contribution in [3.05, 3.63) is 89.5 Å². The first-order chi connectivity index (χ1) is 16.6. The Morgan fingerprint density at radius 1 is 1.00 bits per heavy atom. The first-order valence-corrected chi connectivity index (χ1v) is 11.7. The van der Waals surface area contributed by atoms with E-state index < -0.39 is 12.1 Å². The Labute approximate surface area is 212 Å². The van der Waals surface area contributed by atoms with Crippen LogP contribution in [0.1, 0.15) is 40.4 Å². The minimum atomic E-state index is -0.992. The second-order valence-corrected chi connectivity index (χ2v) is 8.52. The Balaban J connectivity index is 0.00000342. The van der Waals surface area contributed by atoms with Gasteiger partial charge in [0.2, 0.25) is 0 Å². The summed E-state index contributed by atoms with van der Waals surface area (Å²) in [5, 5.41) is 23.1. The van der Waals surface area contributed by atoms with Gasteiger partial charge in [-0.25, -0.2) is 4.79 Å². The van der Waals surface area contributed by atoms with E-state index in [4.69, 9.17) is 9.47 Å². The minimum Gasteiger partial charge on any atom is -0.489 e. The molecule has 0 spiro atoms. The van der Waals surface area contributed by atoms with Crippen LogP contribution >= 0.6 is 12.4 Å². The highest BCUT2D eigenvalue weighted by molar-refractivity contribution is 5.92. The molecule has 0 aromatic heterocycles. The number of hydrogen-bond acceptors (Lipinski definition) is 5. The normalized spacial score (nSPS) is 14.7. The van der Waals surface area contributed by atoms with Gasteiger partial charge in [0, 0.05) is 19.4 Å². The number of aliphatic hydroxyl groups is 1. The topological polar surface area (TPSA) is 88.0 Å². The van der Waals surface area contributed by atoms with Gasteiger partial charge in [0.05, 0.1) is 19.3 Å². The predicted molar refractivity (Wildman–Crippen MR) is 139 cm³/mol. The Hall–Kier alpha value is -2.90. The standard InChI is InChI=1S/C28H31NO5.ClH/c30-26(22-4-2-1-3-5-22)19-29-15-12-20-6-8-21(9-7-20)23-10-11-25(28(31)32)27(18-23)34-24-13-16-33-17-14-24;/h1-11,18,24,26,29-30H,12-17,19H2,(H,31,32);1H/t26-;/m1./s1. The summed E-state index contributed by atoms with van der Waals surface area (Å²) in [6.07, 6.45) is 1.81. The highest BCUT2D eigenvalue weighted by atomic mass is 35.5. The van der Waals surface area contributed by atoms with E-state index in [9.17, 15) is 15.0 Å². The van der Waals surface area contributed by atoms with Crippen LogP contribution < -0.4 is 10.1 Å². The Morgan fingerprint density at radius 2 is 1.69 bits per heavy atom. The number of aromatic carboxylic acids is 1. The third-order valence-electron chi connectivity index (χ3n) is 6.07. The number of carboxylic acid groups (broad SMARTS) is 1. The van der Waals surface area contributed by atoms with E-state index in [0.29, 0.717) is 25.5 Å². The Bertz CT molecular complexity index is 1070. The summed E-state index contributed by atoms with van der Waals surface area (Å²) in [4.78, 5) is 11.7. The smallest absolute Gasteiger partial charge is 0.339 e. The van der Waals surface area contributed by atoms with Gasteiger partial charge < -0.3 is 25.0 Å². The molecular weight excluding hydrogens is 466 g/mol. The van der Waals surface area contributed by atoms with Crippen molar-refractivity contribution in [2.24, 2.45) is 0 Å². The number of ether oxygens (including phenoxy) is 2. The van der Waals surface area contributed by atoms with Crippen molar-refractivity contribution in [2.75, 3.05) is 26.3 Å². The summed E-state index contributed by atoms with van der Waals surface area (Å²) in [6, 6.07) is 23.1. The van der Waals surface area contributed by atoms with Gasteiger partial charge in [-0.3, -0.25) is 0 Å². The molecule has 1 aliphatic rings. The number of carbonyl (C=O) groups is 1. The second kappa shape index (κ2) is 13.3. The van der Waals surface area contributed by atoms with E-state index in [-0.39, 0.29) is 24.1 Å². The first-order valence-electron chi connectivity index (χ1n) is 11.7. The van der Waals surface area contributed by atoms with Gasteiger partial charge in [-0.05, 0) is 47.4 Å². The number of halogens is 1. The molecular formula is C28H32ClNO5. The molecule has 0 aliphatic carbocycles. The summed E-state index contributed by atoms with van der Waals surface area (Å²) < 4.78 is 11.4. The quantitative estimate of drug-likeness (QED) is 0.345. The molecule has 1 saturated heterocycles. The van der Waals surface area contributed by atoms with E-state index >= 15 is 0 Å². The lowest BCUT2D eigenvalue weighted by molar-refractivity contribution is 0.0249. The molecule has 6 nitrogen and oxygen atoms in total. The van der Waals surface area contributed by atoms with Crippen molar-refractivity contribution in [2.45, 2.75) is 31.5 Å². The average molecular weight is 498 g/mol. The van der Waals surface area contributed by atoms with Gasteiger partial charge in [-0.2, -0.15) is 0 Å². The van der Waals surface area contributed by atoms with E-state index in [1.165, 1.54) is 5.56 Å². The first kappa shape index (κ1) is 26.7. The predicted octanol–water partition coefficient (Wildman–Crippen LogP) is 4.90. The molecule has 3 aromatic carbocycles. The number of benzene rings is 3. The fourth-order valence-corrected chi connectivity index (χ4v) is 4.08. The summed E-state index contributed by atoms with van der Waals surface area (Å²) in [6.45, 7) is 2.54. The van der Waals surface area contributed by atoms with Crippen LogP contribution in [0.15, 0.2) is 72.8 Å². The summed E-state index contributed by atoms with van der Waals surface area (Å²) in [5.74, 6) is -0.587. The van der Waals surface area contributed by atoms with E-state index in [2.05, 4.69) is 17.4 Å². The zero-order valence-electron chi connectivity index (χ0n) is 19.6. The molecule has 1 heterocycles. The van der Waals surface area contributed by atoms with E-state index in [0.717, 1.165) is 42.5 Å². The van der Waals surface area contributed by atoms with Crippen molar-refractivity contribution in [3.63, 3.8) is 0 Å². The summed E-state index contributed by atoms with van der Waals surface area (Å²) in [5.41, 5.74) is 4.20. The van der Waals surface area contributed by atoms with Gasteiger partial charge in [0.15, 0.2) is 0 Å². The largest absolute Gasteiger partial charge is 0.489 e. The molecule has 35 heavy (non-hydrogen) atoms. The molecule has 4 rings (SSSR count). The maximum absolute atomic E-state index is 11.7. The lowest BCUT2D eigenvalue weighted by Crippen LogP contribution is -2.26. The van der Waals surface area contributed by atoms with Gasteiger partial charge >= 0.3 is 5.97 Å². The maximum Gasteiger partial charge on any atom is 0.339 e. The Kier molecular flexibility index (Phi) is 10.1. The number of hydrogen-bond donors (Lipinski definition) is 3. The third-order valence-corrected chi connectivity index (χ3v) is 6.07. The van der Waals surface area contributed by atoms with Crippen molar-refractivity contribution in [1.82, 2.24) is 5.32 Å². The van der Waals surface area contributed by atoms with E-state index in [1.807, 2.05) is 54.6 Å². The molecule has 1 atom stereocenters. The number of rotatable bonds is 10. The van der Waals surface area contributed by atoms with Crippen LogP contribution in [0.3, 0.4) is 0 Å². The number of nitrogens with one attached hydrogen (secondary N) is 1. The van der Waals surface area contributed by atoms with Crippen LogP contribution in [0.25, 0.3) is 11.1 Å². The Morgan fingerprint density at radius 3 is 2.37 bits per heavy atom. The monoisotopic (exact) mass is 497 g/mol. The molecule has 186 valence electrons. The van der Waals surface area contributed by atoms with Crippen molar-refractivity contribution >= 4 is 18.4 Å². The van der Waals surface area contributed by atoms with Crippen LogP contribution in [0, 0.1) is 0 Å². The molecule has 0 saturated carbocycles. The number of aliphatic hydroxyl groups excluding tert-OH is 1. The van der Waals surface area contributed by atoms with Gasteiger partial charge in [-0.15, -0.1) is 12.4 Å². The molecule has 3 aromatic rings. The molecule has 3 N–H and O–H groups in total. The zero-order valence-corrected chi connectivity index (χ0v) is 20.4. The van der Waals surface area contributed by atoms with Crippen LogP contribution in [0.4, 0.5) is 0 Å². The highest BCUT2D eigenvalue weighted by Gasteiger charge is 2.20. The van der Waals surface area contributed by atoms with Gasteiger partial charge in [0.1, 0.15) is 17.4 Å². The lowest BCUT2D eigenvalue weighted by Gasteiger charge is -2.24. The molecule has 0 radical (unpaired) electrons. The summed E-state index contributed by atoms with van der Waals surface area (Å²) in [7, 11) is 0. The molecule has 0 unspecified atom stereocenters. The van der Waals surface area contributed by atoms with Crippen LogP contribution in [0.2, 0.25) is 0 Å². The maximum atomic E-state index is 11.7. The number of carboxylic acids is 1. The zero-order chi connectivity index (χ0) is 23.8. The average Bonchev–Trinajstić information content (AvgIpc) is 2.88. The van der Waals surface area contributed by atoms with Gasteiger partial charge in [0.25, 0.3) is 0 Å². The fourth-order valence-electron chi connectivity index (χ4n) is 4.08. The minimum absolute atomic E-state index is 0. The van der Waals surface area contributed by atoms with Crippen LogP contribution in [-0.2, 0) is 11.2 Å². The van der Waals surface area contributed by atoms with Gasteiger partial charge in [-0.1, -0.05) is 60.7 Å². The lowest BCUT2D eigenvalue weighted by atomic mass is 10.0. The second-order valence-electron chi connectivity index (χ2n) is 8.52. The summed E-state index contributed by atoms with van der Waals surface area (Å²) >= 11 is 0. The third kappa shape index (κ3) is 7.54. The molecule has 0 amide bonds. The van der Waals surface area contributed by atoms with Crippen molar-refractivity contribution in [3.8, 4) is 16.9 Å². The molecule has 0 bridgehead atoms. The molecule has 7 heteroatoms. The SMILES string of the molecule is Cl.O=C(O)c1ccc(-c2ccc(CCNC[C@@H](O)c3ccccc3)cc2)cc1OC1CCOCC1. The fraction of sp³-hybridized carbons (Fsp3) is 0.321. The molecule has 1 fully saturated rings. The highest BCUT2D eigenvalue weighted by Crippen LogP contribution is 2.30.